The van der Waals surface area contributed by atoms with Gasteiger partial charge in [0.1, 0.15) is 5.75 Å². The van der Waals surface area contributed by atoms with E-state index in [0.717, 1.165) is 0 Å². The van der Waals surface area contributed by atoms with Crippen molar-refractivity contribution in [2.75, 3.05) is 5.33 Å². The first kappa shape index (κ1) is 9.92. The molecule has 0 saturated carbocycles. The predicted molar refractivity (Wildman–Crippen MR) is 51.6 cm³/mol. The van der Waals surface area contributed by atoms with Crippen LogP contribution in [0.2, 0.25) is 0 Å². The van der Waals surface area contributed by atoms with Gasteiger partial charge < -0.3 is 5.11 Å². The summed E-state index contributed by atoms with van der Waals surface area (Å²) >= 11 is 3.01. The maximum atomic E-state index is 11.2. The van der Waals surface area contributed by atoms with Crippen molar-refractivity contribution in [1.29, 1.82) is 0 Å². The minimum absolute atomic E-state index is 0.0202. The topological polar surface area (TPSA) is 54.4 Å². The van der Waals surface area contributed by atoms with Crippen molar-refractivity contribution in [3.8, 4) is 5.75 Å². The number of hydrogen-bond donors (Lipinski definition) is 1. The maximum Gasteiger partial charge on any atom is 0.174 e. The van der Waals surface area contributed by atoms with Gasteiger partial charge in [-0.15, -0.1) is 0 Å². The number of Topliss-reactive ketones (excluding diaryl/α,β-unsaturated/α-hetero) is 1. The van der Waals surface area contributed by atoms with Gasteiger partial charge in [-0.3, -0.25) is 9.59 Å². The highest BCUT2D eigenvalue weighted by Gasteiger charge is 2.09. The van der Waals surface area contributed by atoms with Gasteiger partial charge in [-0.2, -0.15) is 0 Å². The van der Waals surface area contributed by atoms with Crippen molar-refractivity contribution in [2.45, 2.75) is 0 Å². The van der Waals surface area contributed by atoms with Crippen molar-refractivity contribution >= 4 is 28.0 Å². The molecule has 0 aromatic heterocycles. The Morgan fingerprint density at radius 3 is 2.77 bits per heavy atom. The summed E-state index contributed by atoms with van der Waals surface area (Å²) in [6, 6.07) is 4.08. The molecule has 1 aromatic carbocycles. The minimum atomic E-state index is -0.179. The first-order valence-corrected chi connectivity index (χ1v) is 4.68. The molecule has 0 saturated heterocycles. The lowest BCUT2D eigenvalue weighted by atomic mass is 10.1. The number of phenolic OH excluding ortho intramolecular Hbond substituents is 1. The fourth-order valence-electron chi connectivity index (χ4n) is 0.974. The Balaban J connectivity index is 3.20. The molecule has 1 rings (SSSR count). The summed E-state index contributed by atoms with van der Waals surface area (Å²) < 4.78 is 0. The number of ketones is 1. The quantitative estimate of drug-likeness (QED) is 0.500. The smallest absolute Gasteiger partial charge is 0.174 e. The number of hydrogen-bond acceptors (Lipinski definition) is 3. The van der Waals surface area contributed by atoms with E-state index in [1.165, 1.54) is 18.2 Å². The van der Waals surface area contributed by atoms with Crippen LogP contribution in [0, 0.1) is 0 Å². The zero-order chi connectivity index (χ0) is 9.84. The molecule has 0 fully saturated rings. The van der Waals surface area contributed by atoms with Crippen LogP contribution in [0.4, 0.5) is 0 Å². The van der Waals surface area contributed by atoms with E-state index in [1.54, 1.807) is 0 Å². The molecule has 0 aliphatic carbocycles. The van der Waals surface area contributed by atoms with Crippen molar-refractivity contribution in [1.82, 2.24) is 0 Å². The van der Waals surface area contributed by atoms with Gasteiger partial charge in [0.25, 0.3) is 0 Å². The minimum Gasteiger partial charge on any atom is -0.508 e. The average molecular weight is 243 g/mol. The molecule has 1 N–H and O–H groups in total. The highest BCUT2D eigenvalue weighted by atomic mass is 79.9. The highest BCUT2D eigenvalue weighted by molar-refractivity contribution is 9.09. The maximum absolute atomic E-state index is 11.2. The Kier molecular flexibility index (Phi) is 3.19. The van der Waals surface area contributed by atoms with Crippen LogP contribution < -0.4 is 0 Å². The number of aromatic hydroxyl groups is 1. The number of halogens is 1. The normalized spacial score (nSPS) is 9.62. The van der Waals surface area contributed by atoms with Crippen LogP contribution >= 0.6 is 15.9 Å². The lowest BCUT2D eigenvalue weighted by Gasteiger charge is -2.01. The first-order valence-electron chi connectivity index (χ1n) is 3.56. The van der Waals surface area contributed by atoms with Crippen LogP contribution in [0.25, 0.3) is 0 Å². The fraction of sp³-hybridized carbons (Fsp3) is 0.111. The molecular weight excluding hydrogens is 236 g/mol. The van der Waals surface area contributed by atoms with Gasteiger partial charge in [0.15, 0.2) is 12.1 Å². The number of alkyl halides is 1. The zero-order valence-electron chi connectivity index (χ0n) is 6.66. The van der Waals surface area contributed by atoms with E-state index in [0.29, 0.717) is 11.8 Å². The Labute approximate surface area is 83.5 Å². The second-order valence-corrected chi connectivity index (χ2v) is 3.01. The molecule has 0 amide bonds. The van der Waals surface area contributed by atoms with E-state index in [-0.39, 0.29) is 22.4 Å². The zero-order valence-corrected chi connectivity index (χ0v) is 8.24. The van der Waals surface area contributed by atoms with E-state index in [4.69, 9.17) is 5.11 Å². The summed E-state index contributed by atoms with van der Waals surface area (Å²) in [5, 5.41) is 9.21. The number of carbonyl (C=O) groups is 2. The fourth-order valence-corrected chi connectivity index (χ4v) is 1.28. The third kappa shape index (κ3) is 2.15. The summed E-state index contributed by atoms with van der Waals surface area (Å²) in [6.45, 7) is 0. The van der Waals surface area contributed by atoms with Gasteiger partial charge in [0, 0.05) is 11.1 Å². The van der Waals surface area contributed by atoms with E-state index >= 15 is 0 Å². The summed E-state index contributed by atoms with van der Waals surface area (Å²) in [5.74, 6) is -0.199. The van der Waals surface area contributed by atoms with Crippen molar-refractivity contribution in [2.24, 2.45) is 0 Å². The summed E-state index contributed by atoms with van der Waals surface area (Å²) in [4.78, 5) is 21.7. The molecule has 13 heavy (non-hydrogen) atoms. The van der Waals surface area contributed by atoms with Crippen molar-refractivity contribution < 1.29 is 14.7 Å². The summed E-state index contributed by atoms with van der Waals surface area (Å²) in [7, 11) is 0. The molecule has 68 valence electrons. The Morgan fingerprint density at radius 2 is 2.23 bits per heavy atom. The van der Waals surface area contributed by atoms with E-state index in [2.05, 4.69) is 15.9 Å². The number of rotatable bonds is 3. The van der Waals surface area contributed by atoms with Gasteiger partial charge in [-0.25, -0.2) is 0 Å². The standard InChI is InChI=1S/C9H7BrO3/c10-4-9(13)8-2-1-7(12)3-6(8)5-11/h1-3,5,12H,4H2. The molecule has 0 atom stereocenters. The van der Waals surface area contributed by atoms with Crippen LogP contribution in [0.1, 0.15) is 20.7 Å². The van der Waals surface area contributed by atoms with Crippen LogP contribution in [0.15, 0.2) is 18.2 Å². The summed E-state index contributed by atoms with van der Waals surface area (Å²) in [5.41, 5.74) is 0.536. The average Bonchev–Trinajstić information content (AvgIpc) is 2.16. The van der Waals surface area contributed by atoms with Gasteiger partial charge in [0.2, 0.25) is 0 Å². The molecule has 1 aromatic rings. The Morgan fingerprint density at radius 1 is 1.54 bits per heavy atom. The number of phenols is 1. The van der Waals surface area contributed by atoms with Gasteiger partial charge >= 0.3 is 0 Å². The third-order valence-corrected chi connectivity index (χ3v) is 2.09. The highest BCUT2D eigenvalue weighted by Crippen LogP contribution is 2.16. The largest absolute Gasteiger partial charge is 0.508 e. The lowest BCUT2D eigenvalue weighted by molar-refractivity contribution is 0.101. The molecular formula is C9H7BrO3. The molecule has 0 aliphatic rings. The monoisotopic (exact) mass is 242 g/mol. The van der Waals surface area contributed by atoms with Gasteiger partial charge in [0.05, 0.1) is 5.33 Å². The molecule has 0 radical (unpaired) electrons. The van der Waals surface area contributed by atoms with E-state index in [1.807, 2.05) is 0 Å². The molecule has 0 heterocycles. The van der Waals surface area contributed by atoms with E-state index in [9.17, 15) is 9.59 Å². The van der Waals surface area contributed by atoms with Crippen LogP contribution in [-0.4, -0.2) is 22.5 Å². The van der Waals surface area contributed by atoms with E-state index < -0.39 is 0 Å². The number of benzene rings is 1. The van der Waals surface area contributed by atoms with Crippen LogP contribution in [0.3, 0.4) is 0 Å². The van der Waals surface area contributed by atoms with Crippen molar-refractivity contribution in [3.63, 3.8) is 0 Å². The van der Waals surface area contributed by atoms with Gasteiger partial charge in [-0.1, -0.05) is 15.9 Å². The van der Waals surface area contributed by atoms with Crippen LogP contribution in [-0.2, 0) is 0 Å². The number of aldehydes is 1. The lowest BCUT2D eigenvalue weighted by Crippen LogP contribution is -2.03. The molecule has 0 spiro atoms. The molecule has 0 bridgehead atoms. The first-order chi connectivity index (χ1) is 6.19. The predicted octanol–water partition coefficient (Wildman–Crippen LogP) is 1.78. The van der Waals surface area contributed by atoms with Crippen molar-refractivity contribution in [3.05, 3.63) is 29.3 Å². The number of carbonyl (C=O) groups excluding carboxylic acids is 2. The van der Waals surface area contributed by atoms with Crippen LogP contribution in [0.5, 0.6) is 5.75 Å². The second kappa shape index (κ2) is 4.18. The van der Waals surface area contributed by atoms with Gasteiger partial charge in [-0.05, 0) is 18.2 Å². The third-order valence-electron chi connectivity index (χ3n) is 1.58. The SMILES string of the molecule is O=Cc1cc(O)ccc1C(=O)CBr. The Bertz CT molecular complexity index is 347. The molecule has 0 aliphatic heterocycles. The molecule has 0 unspecified atom stereocenters. The second-order valence-electron chi connectivity index (χ2n) is 2.45. The Hall–Kier alpha value is -1.16. The molecule has 3 nitrogen and oxygen atoms in total. The summed E-state index contributed by atoms with van der Waals surface area (Å²) in [6.07, 6.45) is 0.551. The molecule has 4 heteroatoms.